The average molecular weight is 498 g/mol. The summed E-state index contributed by atoms with van der Waals surface area (Å²) < 4.78 is 2.38. The molecule has 0 aliphatic carbocycles. The highest BCUT2D eigenvalue weighted by atomic mass is 15.1. The molecule has 2 heterocycles. The summed E-state index contributed by atoms with van der Waals surface area (Å²) in [5, 5.41) is 15.7. The van der Waals surface area contributed by atoms with Crippen LogP contribution in [-0.4, -0.2) is 14.8 Å². The minimum Gasteiger partial charge on any atom is -0.309 e. The van der Waals surface area contributed by atoms with Crippen LogP contribution in [0.15, 0.2) is 140 Å². The van der Waals surface area contributed by atoms with Gasteiger partial charge in [-0.2, -0.15) is 10.2 Å². The third-order valence-corrected chi connectivity index (χ3v) is 7.79. The third-order valence-electron chi connectivity index (χ3n) is 7.79. The molecule has 0 N–H and O–H groups in total. The van der Waals surface area contributed by atoms with E-state index >= 15 is 0 Å². The Hall–Kier alpha value is -5.28. The molecule has 0 radical (unpaired) electrons. The first-order valence-corrected chi connectivity index (χ1v) is 13.2. The van der Waals surface area contributed by atoms with Crippen LogP contribution in [0.4, 0.5) is 0 Å². The Kier molecular flexibility index (Phi) is 4.82. The van der Waals surface area contributed by atoms with E-state index < -0.39 is 0 Å². The number of hydrogen-bond donors (Lipinski definition) is 0. The Morgan fingerprint density at radius 3 is 1.87 bits per heavy atom. The molecule has 0 saturated carbocycles. The van der Waals surface area contributed by atoms with Crippen molar-refractivity contribution in [2.45, 2.75) is 0 Å². The van der Waals surface area contributed by atoms with Crippen LogP contribution >= 0.6 is 0 Å². The van der Waals surface area contributed by atoms with Crippen LogP contribution in [0.1, 0.15) is 0 Å². The molecule has 8 aromatic rings. The van der Waals surface area contributed by atoms with E-state index in [4.69, 9.17) is 0 Å². The van der Waals surface area contributed by atoms with Gasteiger partial charge in [0.2, 0.25) is 0 Å². The molecule has 0 bridgehead atoms. The second kappa shape index (κ2) is 8.64. The normalized spacial score (nSPS) is 11.6. The Bertz CT molecular complexity index is 2160. The van der Waals surface area contributed by atoms with E-state index in [0.717, 1.165) is 27.6 Å². The fraction of sp³-hybridized carbons (Fsp3) is 0. The second-order valence-electron chi connectivity index (χ2n) is 9.96. The van der Waals surface area contributed by atoms with Gasteiger partial charge in [-0.15, -0.1) is 0 Å². The molecule has 0 spiro atoms. The zero-order valence-corrected chi connectivity index (χ0v) is 21.1. The number of fused-ring (bicyclic) bond motifs is 5. The van der Waals surface area contributed by atoms with Gasteiger partial charge in [0.05, 0.1) is 29.1 Å². The van der Waals surface area contributed by atoms with Gasteiger partial charge in [0.15, 0.2) is 0 Å². The number of nitrogens with zero attached hydrogens (tertiary/aromatic N) is 3. The largest absolute Gasteiger partial charge is 0.309 e. The first kappa shape index (κ1) is 21.8. The lowest BCUT2D eigenvalue weighted by Gasteiger charge is -2.14. The minimum atomic E-state index is 1.07. The molecular weight excluding hydrogens is 474 g/mol. The zero-order chi connectivity index (χ0) is 25.8. The van der Waals surface area contributed by atoms with Crippen molar-refractivity contribution in [3.8, 4) is 27.9 Å². The van der Waals surface area contributed by atoms with E-state index in [9.17, 15) is 0 Å². The van der Waals surface area contributed by atoms with Crippen LogP contribution in [0.25, 0.3) is 71.3 Å². The number of aromatic nitrogens is 3. The number of benzene rings is 6. The highest BCUT2D eigenvalue weighted by Gasteiger charge is 2.17. The summed E-state index contributed by atoms with van der Waals surface area (Å²) in [6, 6.07) is 45.6. The lowest BCUT2D eigenvalue weighted by Crippen LogP contribution is -1.97. The summed E-state index contributed by atoms with van der Waals surface area (Å²) in [6.45, 7) is 0. The van der Waals surface area contributed by atoms with Crippen molar-refractivity contribution in [1.29, 1.82) is 0 Å². The van der Waals surface area contributed by atoms with Crippen molar-refractivity contribution in [3.63, 3.8) is 0 Å². The van der Waals surface area contributed by atoms with Gasteiger partial charge in [0.25, 0.3) is 0 Å². The Labute approximate surface area is 225 Å². The van der Waals surface area contributed by atoms with E-state index in [2.05, 4.69) is 136 Å². The zero-order valence-electron chi connectivity index (χ0n) is 21.1. The van der Waals surface area contributed by atoms with Crippen LogP contribution in [0, 0.1) is 0 Å². The molecule has 182 valence electrons. The summed E-state index contributed by atoms with van der Waals surface area (Å²) in [4.78, 5) is 0. The summed E-state index contributed by atoms with van der Waals surface area (Å²) in [5.41, 5.74) is 8.20. The van der Waals surface area contributed by atoms with Gasteiger partial charge >= 0.3 is 0 Å². The van der Waals surface area contributed by atoms with E-state index in [-0.39, 0.29) is 0 Å². The monoisotopic (exact) mass is 497 g/mol. The van der Waals surface area contributed by atoms with Gasteiger partial charge in [-0.1, -0.05) is 103 Å². The SMILES string of the molecule is c1ccc(-c2ccc(-c3ccc(-n4c5ccccc5c5cc6ccccc6cc54)c4cnncc34)cc2)cc1. The predicted octanol–water partition coefficient (Wildman–Crippen LogP) is 9.21. The van der Waals surface area contributed by atoms with E-state index in [0.29, 0.717) is 0 Å². The lowest BCUT2D eigenvalue weighted by atomic mass is 9.96. The molecule has 0 atom stereocenters. The Morgan fingerprint density at radius 2 is 1.05 bits per heavy atom. The molecular formula is C36H23N3. The molecule has 6 aromatic carbocycles. The molecule has 0 aliphatic heterocycles. The molecule has 0 amide bonds. The molecule has 8 rings (SSSR count). The van der Waals surface area contributed by atoms with Gasteiger partial charge in [-0.05, 0) is 57.3 Å². The summed E-state index contributed by atoms with van der Waals surface area (Å²) >= 11 is 0. The molecule has 3 heteroatoms. The van der Waals surface area contributed by atoms with Gasteiger partial charge in [-0.25, -0.2) is 0 Å². The maximum Gasteiger partial charge on any atom is 0.0596 e. The summed E-state index contributed by atoms with van der Waals surface area (Å²) in [6.07, 6.45) is 3.79. The molecule has 3 nitrogen and oxygen atoms in total. The standard InChI is InChI=1S/C36H23N3/c1-2-8-24(9-3-1)25-14-16-26(17-15-25)29-18-19-35(33-23-38-37-22-32(29)33)39-34-13-7-6-12-30(34)31-20-27-10-4-5-11-28(27)21-36(31)39/h1-23H. The number of hydrogen-bond acceptors (Lipinski definition) is 2. The van der Waals surface area contributed by atoms with Crippen molar-refractivity contribution in [2.24, 2.45) is 0 Å². The molecule has 0 saturated heterocycles. The molecule has 0 aliphatic rings. The first-order chi connectivity index (χ1) is 19.3. The minimum absolute atomic E-state index is 1.07. The van der Waals surface area contributed by atoms with E-state index in [1.807, 2.05) is 18.5 Å². The number of para-hydroxylation sites is 1. The first-order valence-electron chi connectivity index (χ1n) is 13.2. The molecule has 0 unspecified atom stereocenters. The van der Waals surface area contributed by atoms with E-state index in [1.165, 1.54) is 43.7 Å². The number of rotatable bonds is 3. The maximum absolute atomic E-state index is 4.32. The molecule has 2 aromatic heterocycles. The van der Waals surface area contributed by atoms with Gasteiger partial charge in [0, 0.05) is 21.5 Å². The predicted molar refractivity (Wildman–Crippen MR) is 162 cm³/mol. The Balaban J connectivity index is 1.36. The van der Waals surface area contributed by atoms with Crippen LogP contribution in [0.5, 0.6) is 0 Å². The lowest BCUT2D eigenvalue weighted by molar-refractivity contribution is 1.05. The summed E-state index contributed by atoms with van der Waals surface area (Å²) in [5.74, 6) is 0. The average Bonchev–Trinajstić information content (AvgIpc) is 3.33. The van der Waals surface area contributed by atoms with Crippen molar-refractivity contribution in [3.05, 3.63) is 140 Å². The van der Waals surface area contributed by atoms with Gasteiger partial charge in [-0.3, -0.25) is 0 Å². The van der Waals surface area contributed by atoms with Gasteiger partial charge < -0.3 is 4.57 Å². The van der Waals surface area contributed by atoms with Crippen LogP contribution in [0.2, 0.25) is 0 Å². The Morgan fingerprint density at radius 1 is 0.410 bits per heavy atom. The third kappa shape index (κ3) is 3.44. The molecule has 0 fully saturated rings. The van der Waals surface area contributed by atoms with Crippen LogP contribution < -0.4 is 0 Å². The fourth-order valence-electron chi connectivity index (χ4n) is 5.92. The van der Waals surface area contributed by atoms with Crippen LogP contribution in [0.3, 0.4) is 0 Å². The topological polar surface area (TPSA) is 30.7 Å². The highest BCUT2D eigenvalue weighted by Crippen LogP contribution is 2.39. The molecule has 39 heavy (non-hydrogen) atoms. The maximum atomic E-state index is 4.32. The smallest absolute Gasteiger partial charge is 0.0596 e. The fourth-order valence-corrected chi connectivity index (χ4v) is 5.92. The van der Waals surface area contributed by atoms with Gasteiger partial charge in [0.1, 0.15) is 0 Å². The van der Waals surface area contributed by atoms with Crippen molar-refractivity contribution >= 4 is 43.4 Å². The van der Waals surface area contributed by atoms with Crippen molar-refractivity contribution in [1.82, 2.24) is 14.8 Å². The van der Waals surface area contributed by atoms with Crippen LogP contribution in [-0.2, 0) is 0 Å². The second-order valence-corrected chi connectivity index (χ2v) is 9.96. The van der Waals surface area contributed by atoms with Crippen molar-refractivity contribution in [2.75, 3.05) is 0 Å². The van der Waals surface area contributed by atoms with Crippen molar-refractivity contribution < 1.29 is 0 Å². The van der Waals surface area contributed by atoms with E-state index in [1.54, 1.807) is 0 Å². The highest BCUT2D eigenvalue weighted by molar-refractivity contribution is 6.15. The summed E-state index contributed by atoms with van der Waals surface area (Å²) in [7, 11) is 0. The quantitative estimate of drug-likeness (QED) is 0.244.